The van der Waals surface area contributed by atoms with Crippen LogP contribution in [0.4, 0.5) is 0 Å². The van der Waals surface area contributed by atoms with Crippen molar-refractivity contribution in [2.45, 2.75) is 63.4 Å². The lowest BCUT2D eigenvalue weighted by molar-refractivity contribution is 1.44. The van der Waals surface area contributed by atoms with E-state index >= 15 is 0 Å². The van der Waals surface area contributed by atoms with Crippen LogP contribution < -0.4 is 0 Å². The molecule has 75 valence electrons. The summed E-state index contributed by atoms with van der Waals surface area (Å²) in [4.78, 5) is 0. The quantitative estimate of drug-likeness (QED) is 0.561. The minimum atomic E-state index is 0. The third-order valence-electron chi connectivity index (χ3n) is 0.827. The molecule has 12 heavy (non-hydrogen) atoms. The van der Waals surface area contributed by atoms with Crippen LogP contribution in [0.25, 0.3) is 0 Å². The monoisotopic (exact) mass is 171 g/mol. The van der Waals surface area contributed by atoms with Gasteiger partial charge in [0.05, 0.1) is 13.9 Å². The Balaban J connectivity index is -0.0000000180. The van der Waals surface area contributed by atoms with Gasteiger partial charge in [-0.25, -0.2) is 0 Å². The molecule has 0 amide bonds. The van der Waals surface area contributed by atoms with Gasteiger partial charge in [0.15, 0.2) is 0 Å². The Morgan fingerprint density at radius 3 is 1.50 bits per heavy atom. The predicted molar refractivity (Wildman–Crippen MR) is 72.1 cm³/mol. The normalized spacial score (nSPS) is 4.83. The van der Waals surface area contributed by atoms with Crippen molar-refractivity contribution in [2.75, 3.05) is 0 Å². The highest BCUT2D eigenvalue weighted by Gasteiger charge is 1.94. The SMILES string of the molecule is C.C.C.C.C.[B]B(C)C[B]CC. The maximum atomic E-state index is 5.45. The molecule has 0 aromatic carbocycles. The summed E-state index contributed by atoms with van der Waals surface area (Å²) in [5.41, 5.74) is 0. The topological polar surface area (TPSA) is 0 Å². The first-order valence-corrected chi connectivity index (χ1v) is 2.84. The zero-order chi connectivity index (χ0) is 5.70. The molecular weight excluding hydrogens is 141 g/mol. The van der Waals surface area contributed by atoms with Gasteiger partial charge < -0.3 is 0 Å². The van der Waals surface area contributed by atoms with Gasteiger partial charge in [0.1, 0.15) is 0 Å². The van der Waals surface area contributed by atoms with Crippen molar-refractivity contribution in [1.29, 1.82) is 0 Å². The van der Waals surface area contributed by atoms with Gasteiger partial charge in [0.2, 0.25) is 0 Å². The van der Waals surface area contributed by atoms with Crippen molar-refractivity contribution in [3.8, 4) is 0 Å². The molecule has 0 aliphatic rings. The van der Waals surface area contributed by atoms with Crippen LogP contribution in [0.15, 0.2) is 0 Å². The van der Waals surface area contributed by atoms with Crippen LogP contribution in [-0.2, 0) is 0 Å². The van der Waals surface area contributed by atoms with E-state index in [0.29, 0.717) is 6.60 Å². The lowest BCUT2D eigenvalue weighted by atomic mass is 9.27. The molecule has 0 heterocycles. The fraction of sp³-hybridized carbons (Fsp3) is 1.00. The Morgan fingerprint density at radius 1 is 1.08 bits per heavy atom. The van der Waals surface area contributed by atoms with E-state index in [1.807, 2.05) is 6.82 Å². The van der Waals surface area contributed by atoms with E-state index in [1.165, 1.54) is 0 Å². The smallest absolute Gasteiger partial charge is 0.0999 e. The van der Waals surface area contributed by atoms with Crippen molar-refractivity contribution in [1.82, 2.24) is 0 Å². The van der Waals surface area contributed by atoms with E-state index < -0.39 is 0 Å². The molecule has 3 radical (unpaired) electrons. The summed E-state index contributed by atoms with van der Waals surface area (Å²) >= 11 is 0. The van der Waals surface area contributed by atoms with Crippen LogP contribution in [0, 0.1) is 0 Å². The Bertz CT molecular complexity index is 38.8. The first-order chi connectivity index (χ1) is 3.27. The standard InChI is InChI=1S/C4H10B3.5CH4/c1-3-6-4-7(2)5;;;;;/h3-4H2,1-2H3;5*1H4. The molecule has 0 unspecified atom stereocenters. The second-order valence-electron chi connectivity index (χ2n) is 1.91. The summed E-state index contributed by atoms with van der Waals surface area (Å²) < 4.78 is 0. The van der Waals surface area contributed by atoms with Gasteiger partial charge in [-0.1, -0.05) is 57.2 Å². The van der Waals surface area contributed by atoms with Gasteiger partial charge in [0, 0.05) is 7.74 Å². The highest BCUT2D eigenvalue weighted by atomic mass is 13.4. The van der Waals surface area contributed by atoms with Crippen molar-refractivity contribution in [2.24, 2.45) is 0 Å². The Kier molecular flexibility index (Phi) is 101. The molecule has 0 aliphatic heterocycles. The van der Waals surface area contributed by atoms with Gasteiger partial charge in [-0.05, 0) is 0 Å². The Hall–Kier alpha value is 0.195. The summed E-state index contributed by atoms with van der Waals surface area (Å²) in [6, 6.07) is 0. The molecule has 0 aromatic heterocycles. The van der Waals surface area contributed by atoms with Crippen LogP contribution in [0.5, 0.6) is 0 Å². The van der Waals surface area contributed by atoms with Crippen molar-refractivity contribution in [3.05, 3.63) is 0 Å². The minimum Gasteiger partial charge on any atom is -0.108 e. The van der Waals surface area contributed by atoms with Gasteiger partial charge in [-0.2, -0.15) is 0 Å². The predicted octanol–water partition coefficient (Wildman–Crippen LogP) is 4.06. The van der Waals surface area contributed by atoms with Crippen LogP contribution >= 0.6 is 0 Å². The molecule has 0 saturated heterocycles. The molecule has 0 nitrogen and oxygen atoms in total. The summed E-state index contributed by atoms with van der Waals surface area (Å²) in [7, 11) is 7.65. The van der Waals surface area contributed by atoms with Crippen LogP contribution in [-0.4, -0.2) is 21.6 Å². The van der Waals surface area contributed by atoms with Crippen molar-refractivity contribution in [3.63, 3.8) is 0 Å². The van der Waals surface area contributed by atoms with Crippen molar-refractivity contribution < 1.29 is 0 Å². The summed E-state index contributed by atoms with van der Waals surface area (Å²) in [5.74, 6) is 0. The average Bonchev–Trinajstić information content (AvgIpc) is 1.61. The molecule has 0 aromatic rings. The highest BCUT2D eigenvalue weighted by Crippen LogP contribution is 1.85. The molecule has 0 rings (SSSR count). The summed E-state index contributed by atoms with van der Waals surface area (Å²) in [6.45, 7) is 4.49. The van der Waals surface area contributed by atoms with E-state index in [1.54, 1.807) is 0 Å². The Labute approximate surface area is 85.6 Å². The fourth-order valence-electron chi connectivity index (χ4n) is 0.430. The van der Waals surface area contributed by atoms with Gasteiger partial charge in [0.25, 0.3) is 0 Å². The molecule has 0 aliphatic carbocycles. The summed E-state index contributed by atoms with van der Waals surface area (Å²) in [5, 5.41) is 0. The van der Waals surface area contributed by atoms with E-state index in [9.17, 15) is 0 Å². The maximum Gasteiger partial charge on any atom is 0.0999 e. The van der Waals surface area contributed by atoms with Crippen molar-refractivity contribution >= 4 is 21.6 Å². The molecule has 0 atom stereocenters. The first-order valence-electron chi connectivity index (χ1n) is 2.84. The van der Waals surface area contributed by atoms with E-state index in [2.05, 4.69) is 14.2 Å². The molecule has 0 bridgehead atoms. The fourth-order valence-corrected chi connectivity index (χ4v) is 0.430. The second-order valence-corrected chi connectivity index (χ2v) is 1.91. The molecule has 0 fully saturated rings. The lowest BCUT2D eigenvalue weighted by Gasteiger charge is -1.93. The van der Waals surface area contributed by atoms with E-state index in [4.69, 9.17) is 7.74 Å². The third kappa shape index (κ3) is 49.0. The van der Waals surface area contributed by atoms with Gasteiger partial charge in [-0.3, -0.25) is 0 Å². The van der Waals surface area contributed by atoms with Crippen LogP contribution in [0.3, 0.4) is 0 Å². The number of hydrogen-bond acceptors (Lipinski definition) is 0. The molecule has 3 heteroatoms. The number of hydrogen-bond donors (Lipinski definition) is 0. The molecule has 0 saturated carbocycles. The van der Waals surface area contributed by atoms with E-state index in [0.717, 1.165) is 12.5 Å². The maximum absolute atomic E-state index is 5.45. The largest absolute Gasteiger partial charge is 0.108 e. The van der Waals surface area contributed by atoms with Crippen LogP contribution in [0.1, 0.15) is 44.1 Å². The van der Waals surface area contributed by atoms with E-state index in [-0.39, 0.29) is 37.1 Å². The van der Waals surface area contributed by atoms with Gasteiger partial charge in [-0.15, -0.1) is 6.22 Å². The molecule has 0 spiro atoms. The third-order valence-corrected chi connectivity index (χ3v) is 0.827. The average molecular weight is 171 g/mol. The first kappa shape index (κ1) is 39.8. The zero-order valence-corrected chi connectivity index (χ0v) is 5.15. The van der Waals surface area contributed by atoms with Crippen LogP contribution in [0.2, 0.25) is 19.4 Å². The highest BCUT2D eigenvalue weighted by molar-refractivity contribution is 7.05. The summed E-state index contributed by atoms with van der Waals surface area (Å²) in [6.07, 6.45) is 2.19. The molecular formula is C9H30B3. The second kappa shape index (κ2) is 30.3. The number of rotatable bonds is 3. The van der Waals surface area contributed by atoms with Gasteiger partial charge >= 0.3 is 0 Å². The Morgan fingerprint density at radius 2 is 1.42 bits per heavy atom. The lowest BCUT2D eigenvalue weighted by Crippen LogP contribution is -2.09. The minimum absolute atomic E-state index is 0. The molecule has 0 N–H and O–H groups in total. The zero-order valence-electron chi connectivity index (χ0n) is 5.15.